The van der Waals surface area contributed by atoms with Crippen LogP contribution in [0.15, 0.2) is 27.8 Å². The zero-order chi connectivity index (χ0) is 14.1. The number of nitrogens with zero attached hydrogens (tertiary/aromatic N) is 1. The molecular formula is C12H16BrN3O2S. The lowest BCUT2D eigenvalue weighted by molar-refractivity contribution is 0.195. The van der Waals surface area contributed by atoms with E-state index in [1.54, 1.807) is 25.3 Å². The number of rotatable bonds is 6. The molecule has 0 heterocycles. The van der Waals surface area contributed by atoms with E-state index >= 15 is 0 Å². The Morgan fingerprint density at radius 1 is 1.58 bits per heavy atom. The molecule has 0 saturated carbocycles. The van der Waals surface area contributed by atoms with Crippen molar-refractivity contribution in [1.29, 1.82) is 0 Å². The predicted molar refractivity (Wildman–Crippen MR) is 83.6 cm³/mol. The van der Waals surface area contributed by atoms with Crippen LogP contribution in [0.2, 0.25) is 0 Å². The van der Waals surface area contributed by atoms with Crippen LogP contribution in [-0.4, -0.2) is 36.7 Å². The average molecular weight is 346 g/mol. The fourth-order valence-corrected chi connectivity index (χ4v) is 1.78. The van der Waals surface area contributed by atoms with E-state index in [4.69, 9.17) is 17.0 Å². The number of aromatic hydroxyl groups is 1. The molecule has 1 rings (SSSR count). The number of hydrogen-bond acceptors (Lipinski definition) is 4. The first kappa shape index (κ1) is 15.9. The summed E-state index contributed by atoms with van der Waals surface area (Å²) in [6, 6.07) is 5.10. The highest BCUT2D eigenvalue weighted by atomic mass is 79.9. The van der Waals surface area contributed by atoms with Crippen LogP contribution in [0.5, 0.6) is 5.75 Å². The molecule has 0 atom stereocenters. The maximum Gasteiger partial charge on any atom is 0.186 e. The zero-order valence-electron chi connectivity index (χ0n) is 10.5. The number of methoxy groups -OCH3 is 1. The summed E-state index contributed by atoms with van der Waals surface area (Å²) in [5.74, 6) is 0.160. The van der Waals surface area contributed by atoms with Crippen molar-refractivity contribution in [3.63, 3.8) is 0 Å². The van der Waals surface area contributed by atoms with Gasteiger partial charge >= 0.3 is 0 Å². The summed E-state index contributed by atoms with van der Waals surface area (Å²) in [4.78, 5) is 0. The molecule has 0 aromatic heterocycles. The summed E-state index contributed by atoms with van der Waals surface area (Å²) < 4.78 is 5.79. The summed E-state index contributed by atoms with van der Waals surface area (Å²) in [6.45, 7) is 1.40. The van der Waals surface area contributed by atoms with E-state index < -0.39 is 0 Å². The van der Waals surface area contributed by atoms with E-state index in [9.17, 15) is 5.11 Å². The Bertz CT molecular complexity index is 455. The van der Waals surface area contributed by atoms with Crippen LogP contribution in [0.4, 0.5) is 0 Å². The Hall–Kier alpha value is -1.18. The minimum absolute atomic E-state index is 0.160. The van der Waals surface area contributed by atoms with Gasteiger partial charge in [0.15, 0.2) is 5.11 Å². The van der Waals surface area contributed by atoms with Gasteiger partial charge in [-0.3, -0.25) is 5.43 Å². The molecule has 0 fully saturated rings. The normalized spacial score (nSPS) is 10.6. The largest absolute Gasteiger partial charge is 0.507 e. The standard InChI is InChI=1S/C12H16BrN3O2S/c1-18-6-2-5-14-12(19)16-15-8-9-7-10(13)3-4-11(9)17/h3-4,7-8,17H,2,5-6H2,1H3,(H2,14,16,19). The Kier molecular flexibility index (Phi) is 7.39. The van der Waals surface area contributed by atoms with Crippen LogP contribution in [-0.2, 0) is 4.74 Å². The van der Waals surface area contributed by atoms with E-state index in [0.717, 1.165) is 17.4 Å². The molecule has 1 aromatic carbocycles. The van der Waals surface area contributed by atoms with E-state index in [-0.39, 0.29) is 5.75 Å². The highest BCUT2D eigenvalue weighted by molar-refractivity contribution is 9.10. The van der Waals surface area contributed by atoms with Crippen molar-refractivity contribution >= 4 is 39.5 Å². The van der Waals surface area contributed by atoms with Crippen LogP contribution in [0.1, 0.15) is 12.0 Å². The van der Waals surface area contributed by atoms with Gasteiger partial charge in [-0.25, -0.2) is 0 Å². The molecule has 0 bridgehead atoms. The second-order valence-electron chi connectivity index (χ2n) is 3.68. The van der Waals surface area contributed by atoms with Gasteiger partial charge < -0.3 is 15.2 Å². The van der Waals surface area contributed by atoms with Crippen molar-refractivity contribution in [3.8, 4) is 5.75 Å². The molecule has 1 aromatic rings. The lowest BCUT2D eigenvalue weighted by Crippen LogP contribution is -2.33. The maximum atomic E-state index is 9.60. The summed E-state index contributed by atoms with van der Waals surface area (Å²) in [5.41, 5.74) is 3.28. The third-order valence-corrected chi connectivity index (χ3v) is 2.90. The van der Waals surface area contributed by atoms with Gasteiger partial charge in [-0.2, -0.15) is 5.10 Å². The van der Waals surface area contributed by atoms with Crippen LogP contribution in [0.3, 0.4) is 0 Å². The van der Waals surface area contributed by atoms with E-state index in [1.165, 1.54) is 6.21 Å². The van der Waals surface area contributed by atoms with Gasteiger partial charge in [0.25, 0.3) is 0 Å². The fraction of sp³-hybridized carbons (Fsp3) is 0.333. The molecule has 0 spiro atoms. The van der Waals surface area contributed by atoms with E-state index in [2.05, 4.69) is 31.8 Å². The number of ether oxygens (including phenoxy) is 1. The van der Waals surface area contributed by atoms with Crippen molar-refractivity contribution in [1.82, 2.24) is 10.7 Å². The Balaban J connectivity index is 2.36. The maximum absolute atomic E-state index is 9.60. The van der Waals surface area contributed by atoms with Crippen LogP contribution >= 0.6 is 28.1 Å². The number of hydrazone groups is 1. The second-order valence-corrected chi connectivity index (χ2v) is 5.00. The number of benzene rings is 1. The fourth-order valence-electron chi connectivity index (χ4n) is 1.25. The lowest BCUT2D eigenvalue weighted by Gasteiger charge is -2.06. The zero-order valence-corrected chi connectivity index (χ0v) is 12.9. The van der Waals surface area contributed by atoms with Gasteiger partial charge in [0.1, 0.15) is 5.75 Å². The Labute approximate surface area is 126 Å². The number of phenols is 1. The molecule has 0 saturated heterocycles. The molecular weight excluding hydrogens is 330 g/mol. The van der Waals surface area contributed by atoms with Crippen molar-refractivity contribution < 1.29 is 9.84 Å². The van der Waals surface area contributed by atoms with Crippen LogP contribution < -0.4 is 10.7 Å². The Morgan fingerprint density at radius 2 is 2.37 bits per heavy atom. The molecule has 3 N–H and O–H groups in total. The number of thiocarbonyl (C=S) groups is 1. The number of hydrogen-bond donors (Lipinski definition) is 3. The monoisotopic (exact) mass is 345 g/mol. The summed E-state index contributed by atoms with van der Waals surface area (Å²) in [5, 5.41) is 17.0. The molecule has 0 amide bonds. The second kappa shape index (κ2) is 8.84. The molecule has 0 aliphatic heterocycles. The first-order chi connectivity index (χ1) is 9.13. The third-order valence-electron chi connectivity index (χ3n) is 2.17. The number of nitrogens with one attached hydrogen (secondary N) is 2. The van der Waals surface area contributed by atoms with Gasteiger partial charge in [-0.15, -0.1) is 0 Å². The molecule has 7 heteroatoms. The lowest BCUT2D eigenvalue weighted by atomic mass is 10.2. The van der Waals surface area contributed by atoms with Crippen molar-refractivity contribution in [2.45, 2.75) is 6.42 Å². The number of halogens is 1. The first-order valence-corrected chi connectivity index (χ1v) is 6.88. The van der Waals surface area contributed by atoms with E-state index in [0.29, 0.717) is 17.3 Å². The van der Waals surface area contributed by atoms with Gasteiger partial charge in [0.2, 0.25) is 0 Å². The minimum atomic E-state index is 0.160. The average Bonchev–Trinajstić information content (AvgIpc) is 2.39. The molecule has 5 nitrogen and oxygen atoms in total. The molecule has 19 heavy (non-hydrogen) atoms. The first-order valence-electron chi connectivity index (χ1n) is 5.68. The quantitative estimate of drug-likeness (QED) is 0.318. The van der Waals surface area contributed by atoms with Crippen molar-refractivity contribution in [2.75, 3.05) is 20.3 Å². The topological polar surface area (TPSA) is 65.9 Å². The molecule has 0 aliphatic rings. The van der Waals surface area contributed by atoms with Crippen LogP contribution in [0, 0.1) is 0 Å². The SMILES string of the molecule is COCCCNC(=S)NN=Cc1cc(Br)ccc1O. The minimum Gasteiger partial charge on any atom is -0.507 e. The van der Waals surface area contributed by atoms with Gasteiger partial charge in [-0.05, 0) is 36.8 Å². The molecule has 0 radical (unpaired) electrons. The summed E-state index contributed by atoms with van der Waals surface area (Å²) in [7, 11) is 1.66. The van der Waals surface area contributed by atoms with E-state index in [1.807, 2.05) is 0 Å². The number of phenolic OH excluding ortho intramolecular Hbond substituents is 1. The van der Waals surface area contributed by atoms with Gasteiger partial charge in [0, 0.05) is 30.3 Å². The van der Waals surface area contributed by atoms with Gasteiger partial charge in [-0.1, -0.05) is 15.9 Å². The van der Waals surface area contributed by atoms with Crippen molar-refractivity contribution in [2.24, 2.45) is 5.10 Å². The summed E-state index contributed by atoms with van der Waals surface area (Å²) in [6.07, 6.45) is 2.37. The highest BCUT2D eigenvalue weighted by Gasteiger charge is 1.98. The Morgan fingerprint density at radius 3 is 3.11 bits per heavy atom. The molecule has 104 valence electrons. The smallest absolute Gasteiger partial charge is 0.186 e. The summed E-state index contributed by atoms with van der Waals surface area (Å²) >= 11 is 8.35. The molecule has 0 unspecified atom stereocenters. The van der Waals surface area contributed by atoms with Gasteiger partial charge in [0.05, 0.1) is 6.21 Å². The predicted octanol–water partition coefficient (Wildman–Crippen LogP) is 1.99. The van der Waals surface area contributed by atoms with Crippen molar-refractivity contribution in [3.05, 3.63) is 28.2 Å². The third kappa shape index (κ3) is 6.51. The molecule has 0 aliphatic carbocycles. The highest BCUT2D eigenvalue weighted by Crippen LogP contribution is 2.19. The van der Waals surface area contributed by atoms with Crippen LogP contribution in [0.25, 0.3) is 0 Å².